The van der Waals surface area contributed by atoms with Gasteiger partial charge in [-0.2, -0.15) is 5.26 Å². The fraction of sp³-hybridized carbons (Fsp3) is 0.267. The first-order valence-corrected chi connectivity index (χ1v) is 6.26. The highest BCUT2D eigenvalue weighted by Crippen LogP contribution is 2.11. The van der Waals surface area contributed by atoms with E-state index in [1.807, 2.05) is 29.1 Å². The van der Waals surface area contributed by atoms with Crippen LogP contribution in [-0.2, 0) is 13.1 Å². The third kappa shape index (κ3) is 3.67. The Morgan fingerprint density at radius 1 is 1.32 bits per heavy atom. The van der Waals surface area contributed by atoms with E-state index >= 15 is 0 Å². The smallest absolute Gasteiger partial charge is 0.124 e. The highest BCUT2D eigenvalue weighted by Gasteiger charge is 2.02. The first-order chi connectivity index (χ1) is 9.21. The van der Waals surface area contributed by atoms with Crippen molar-refractivity contribution < 1.29 is 4.39 Å². The number of rotatable bonds is 5. The van der Waals surface area contributed by atoms with Gasteiger partial charge in [-0.05, 0) is 41.9 Å². The number of nitrogens with zero attached hydrogens (tertiary/aromatic N) is 2. The molecule has 4 heteroatoms. The van der Waals surface area contributed by atoms with E-state index < -0.39 is 0 Å². The number of nitrogens with one attached hydrogen (secondary N) is 1. The summed E-state index contributed by atoms with van der Waals surface area (Å²) in [5.74, 6) is -0.367. The van der Waals surface area contributed by atoms with Crippen LogP contribution in [-0.4, -0.2) is 11.1 Å². The van der Waals surface area contributed by atoms with Gasteiger partial charge in [-0.15, -0.1) is 0 Å². The lowest BCUT2D eigenvalue weighted by Crippen LogP contribution is -2.11. The van der Waals surface area contributed by atoms with Crippen molar-refractivity contribution in [2.45, 2.75) is 20.0 Å². The summed E-state index contributed by atoms with van der Waals surface area (Å²) < 4.78 is 15.3. The SMILES string of the molecule is CCNCc1ccn(Cc2cc(F)cc(C#N)c2)c1. The van der Waals surface area contributed by atoms with Gasteiger partial charge in [-0.1, -0.05) is 6.92 Å². The van der Waals surface area contributed by atoms with E-state index in [1.165, 1.54) is 17.7 Å². The Morgan fingerprint density at radius 2 is 2.16 bits per heavy atom. The number of benzene rings is 1. The van der Waals surface area contributed by atoms with E-state index in [1.54, 1.807) is 6.07 Å². The normalized spacial score (nSPS) is 10.4. The zero-order valence-corrected chi connectivity index (χ0v) is 10.9. The summed E-state index contributed by atoms with van der Waals surface area (Å²) in [5.41, 5.74) is 2.34. The molecule has 1 N–H and O–H groups in total. The molecule has 0 unspecified atom stereocenters. The zero-order chi connectivity index (χ0) is 13.7. The second kappa shape index (κ2) is 6.17. The van der Waals surface area contributed by atoms with Gasteiger partial charge in [-0.3, -0.25) is 0 Å². The van der Waals surface area contributed by atoms with E-state index in [2.05, 4.69) is 12.2 Å². The Bertz CT molecular complexity index is 596. The lowest BCUT2D eigenvalue weighted by Gasteiger charge is -2.04. The van der Waals surface area contributed by atoms with Crippen LogP contribution < -0.4 is 5.32 Å². The number of hydrogen-bond donors (Lipinski definition) is 1. The minimum absolute atomic E-state index is 0.357. The van der Waals surface area contributed by atoms with Crippen LogP contribution in [0.25, 0.3) is 0 Å². The molecule has 1 aromatic carbocycles. The van der Waals surface area contributed by atoms with Crippen molar-refractivity contribution in [3.8, 4) is 6.07 Å². The average molecular weight is 257 g/mol. The summed E-state index contributed by atoms with van der Waals surface area (Å²) in [6, 6.07) is 8.43. The Balaban J connectivity index is 2.10. The molecule has 0 aliphatic heterocycles. The molecule has 19 heavy (non-hydrogen) atoms. The van der Waals surface area contributed by atoms with Crippen LogP contribution in [0, 0.1) is 17.1 Å². The Labute approximate surface area is 112 Å². The van der Waals surface area contributed by atoms with Gasteiger partial charge < -0.3 is 9.88 Å². The van der Waals surface area contributed by atoms with Crippen molar-refractivity contribution in [3.05, 3.63) is 59.2 Å². The van der Waals surface area contributed by atoms with Crippen molar-refractivity contribution >= 4 is 0 Å². The maximum atomic E-state index is 13.3. The molecule has 0 saturated carbocycles. The van der Waals surface area contributed by atoms with Crippen LogP contribution in [0.2, 0.25) is 0 Å². The molecular weight excluding hydrogens is 241 g/mol. The highest BCUT2D eigenvalue weighted by molar-refractivity contribution is 5.33. The van der Waals surface area contributed by atoms with Crippen LogP contribution in [0.1, 0.15) is 23.6 Å². The highest BCUT2D eigenvalue weighted by atomic mass is 19.1. The van der Waals surface area contributed by atoms with Crippen LogP contribution in [0.15, 0.2) is 36.7 Å². The summed E-state index contributed by atoms with van der Waals surface area (Å²) >= 11 is 0. The van der Waals surface area contributed by atoms with E-state index in [9.17, 15) is 4.39 Å². The van der Waals surface area contributed by atoms with Crippen LogP contribution in [0.3, 0.4) is 0 Å². The molecule has 1 heterocycles. The minimum Gasteiger partial charge on any atom is -0.350 e. The van der Waals surface area contributed by atoms with Gasteiger partial charge in [0, 0.05) is 25.5 Å². The van der Waals surface area contributed by atoms with Crippen molar-refractivity contribution in [1.82, 2.24) is 9.88 Å². The first kappa shape index (κ1) is 13.3. The van der Waals surface area contributed by atoms with Crippen molar-refractivity contribution in [3.63, 3.8) is 0 Å². The van der Waals surface area contributed by atoms with Gasteiger partial charge in [0.05, 0.1) is 11.6 Å². The summed E-state index contributed by atoms with van der Waals surface area (Å²) in [7, 11) is 0. The largest absolute Gasteiger partial charge is 0.350 e. The quantitative estimate of drug-likeness (QED) is 0.894. The van der Waals surface area contributed by atoms with Gasteiger partial charge in [-0.25, -0.2) is 4.39 Å². The second-order valence-electron chi connectivity index (χ2n) is 4.43. The van der Waals surface area contributed by atoms with Gasteiger partial charge in [0.15, 0.2) is 0 Å². The summed E-state index contributed by atoms with van der Waals surface area (Å²) in [6.45, 7) is 4.39. The predicted molar refractivity (Wildman–Crippen MR) is 72.0 cm³/mol. The van der Waals surface area contributed by atoms with Crippen LogP contribution >= 0.6 is 0 Å². The van der Waals surface area contributed by atoms with Gasteiger partial charge in [0.1, 0.15) is 5.82 Å². The maximum absolute atomic E-state index is 13.3. The second-order valence-corrected chi connectivity index (χ2v) is 4.43. The third-order valence-corrected chi connectivity index (χ3v) is 2.84. The van der Waals surface area contributed by atoms with Crippen molar-refractivity contribution in [2.24, 2.45) is 0 Å². The Hall–Kier alpha value is -2.12. The molecule has 98 valence electrons. The molecule has 0 spiro atoms. The van der Waals surface area contributed by atoms with Gasteiger partial charge >= 0.3 is 0 Å². The predicted octanol–water partition coefficient (Wildman–Crippen LogP) is 2.66. The molecule has 2 rings (SSSR count). The van der Waals surface area contributed by atoms with Crippen LogP contribution in [0.4, 0.5) is 4.39 Å². The fourth-order valence-corrected chi connectivity index (χ4v) is 1.98. The third-order valence-electron chi connectivity index (χ3n) is 2.84. The molecule has 1 aromatic heterocycles. The topological polar surface area (TPSA) is 40.8 Å². The van der Waals surface area contributed by atoms with E-state index in [4.69, 9.17) is 5.26 Å². The lowest BCUT2D eigenvalue weighted by atomic mass is 10.1. The maximum Gasteiger partial charge on any atom is 0.124 e. The molecule has 0 amide bonds. The number of hydrogen-bond acceptors (Lipinski definition) is 2. The first-order valence-electron chi connectivity index (χ1n) is 6.26. The number of aromatic nitrogens is 1. The number of nitriles is 1. The molecule has 0 radical (unpaired) electrons. The molecule has 0 atom stereocenters. The van der Waals surface area contributed by atoms with E-state index in [0.717, 1.165) is 18.7 Å². The molecule has 3 nitrogen and oxygen atoms in total. The summed E-state index contributed by atoms with van der Waals surface area (Å²) in [6.07, 6.45) is 3.99. The van der Waals surface area contributed by atoms with Gasteiger partial charge in [0.25, 0.3) is 0 Å². The average Bonchev–Trinajstić information content (AvgIpc) is 2.83. The number of halogens is 1. The molecule has 0 saturated heterocycles. The summed E-state index contributed by atoms with van der Waals surface area (Å²) in [5, 5.41) is 12.1. The molecule has 2 aromatic rings. The summed E-state index contributed by atoms with van der Waals surface area (Å²) in [4.78, 5) is 0. The Morgan fingerprint density at radius 3 is 2.89 bits per heavy atom. The molecule has 0 aliphatic rings. The van der Waals surface area contributed by atoms with Crippen molar-refractivity contribution in [1.29, 1.82) is 5.26 Å². The molecular formula is C15H16FN3. The Kier molecular flexibility index (Phi) is 4.32. The molecule has 0 fully saturated rings. The van der Waals surface area contributed by atoms with Crippen LogP contribution in [0.5, 0.6) is 0 Å². The lowest BCUT2D eigenvalue weighted by molar-refractivity contribution is 0.623. The fourth-order valence-electron chi connectivity index (χ4n) is 1.98. The zero-order valence-electron chi connectivity index (χ0n) is 10.9. The van der Waals surface area contributed by atoms with E-state index in [-0.39, 0.29) is 5.82 Å². The van der Waals surface area contributed by atoms with E-state index in [0.29, 0.717) is 12.1 Å². The monoisotopic (exact) mass is 257 g/mol. The minimum atomic E-state index is -0.367. The standard InChI is InChI=1S/C15H16FN3/c1-2-18-9-12-3-4-19(10-12)11-14-5-13(8-17)6-15(16)7-14/h3-7,10,18H,2,9,11H2,1H3. The van der Waals surface area contributed by atoms with Gasteiger partial charge in [0.2, 0.25) is 0 Å². The molecule has 0 aliphatic carbocycles. The van der Waals surface area contributed by atoms with Crippen molar-refractivity contribution in [2.75, 3.05) is 6.54 Å². The molecule has 0 bridgehead atoms.